The van der Waals surface area contributed by atoms with Crippen molar-refractivity contribution in [3.63, 3.8) is 0 Å². The van der Waals surface area contributed by atoms with Gasteiger partial charge in [-0.2, -0.15) is 13.2 Å². The van der Waals surface area contributed by atoms with Gasteiger partial charge in [0.05, 0.1) is 18.3 Å². The number of alkyl halides is 3. The van der Waals surface area contributed by atoms with E-state index >= 15 is 0 Å². The second-order valence-electron chi connectivity index (χ2n) is 5.89. The van der Waals surface area contributed by atoms with Crippen molar-refractivity contribution in [3.8, 4) is 0 Å². The zero-order valence-corrected chi connectivity index (χ0v) is 13.4. The zero-order valence-electron chi connectivity index (χ0n) is 13.4. The normalized spacial score (nSPS) is 13.5. The molecule has 1 atom stereocenters. The summed E-state index contributed by atoms with van der Waals surface area (Å²) < 4.78 is 38.8. The van der Waals surface area contributed by atoms with Crippen molar-refractivity contribution in [3.05, 3.63) is 47.8 Å². The summed E-state index contributed by atoms with van der Waals surface area (Å²) in [6.45, 7) is 5.30. The van der Waals surface area contributed by atoms with Crippen LogP contribution in [0.25, 0.3) is 0 Å². The average Bonchev–Trinajstić information content (AvgIpc) is 2.86. The number of halogens is 3. The monoisotopic (exact) mass is 326 g/mol. The first-order chi connectivity index (χ1) is 10.8. The first-order valence-electron chi connectivity index (χ1n) is 7.49. The first-order valence-corrected chi connectivity index (χ1v) is 7.49. The molecule has 0 amide bonds. The van der Waals surface area contributed by atoms with E-state index in [4.69, 9.17) is 0 Å². The smallest absolute Gasteiger partial charge is 0.325 e. The van der Waals surface area contributed by atoms with Gasteiger partial charge in [0, 0.05) is 18.6 Å². The molecule has 1 unspecified atom stereocenters. The Labute approximate surface area is 133 Å². The molecule has 2 aromatic heterocycles. The number of rotatable bonds is 6. The van der Waals surface area contributed by atoms with Gasteiger partial charge < -0.3 is 9.88 Å². The summed E-state index contributed by atoms with van der Waals surface area (Å²) in [5.41, 5.74) is 1.97. The third kappa shape index (κ3) is 4.79. The van der Waals surface area contributed by atoms with Crippen LogP contribution >= 0.6 is 0 Å². The Balaban J connectivity index is 2.12. The fourth-order valence-electron chi connectivity index (χ4n) is 2.52. The highest BCUT2D eigenvalue weighted by atomic mass is 19.4. The van der Waals surface area contributed by atoms with Crippen molar-refractivity contribution >= 4 is 0 Å². The Morgan fingerprint density at radius 3 is 2.57 bits per heavy atom. The minimum atomic E-state index is -4.26. The molecule has 2 heterocycles. The summed E-state index contributed by atoms with van der Waals surface area (Å²) >= 11 is 0. The molecule has 2 rings (SSSR count). The molecule has 0 spiro atoms. The third-order valence-corrected chi connectivity index (χ3v) is 3.64. The lowest BCUT2D eigenvalue weighted by Crippen LogP contribution is -2.29. The van der Waals surface area contributed by atoms with Crippen molar-refractivity contribution in [2.24, 2.45) is 5.92 Å². The Kier molecular flexibility index (Phi) is 5.41. The lowest BCUT2D eigenvalue weighted by Gasteiger charge is -2.23. The van der Waals surface area contributed by atoms with Gasteiger partial charge in [-0.15, -0.1) is 0 Å². The van der Waals surface area contributed by atoms with Crippen LogP contribution in [0.15, 0.2) is 30.7 Å². The molecule has 1 N–H and O–H groups in total. The van der Waals surface area contributed by atoms with Gasteiger partial charge in [0.15, 0.2) is 0 Å². The van der Waals surface area contributed by atoms with Crippen LogP contribution in [-0.2, 0) is 13.1 Å². The van der Waals surface area contributed by atoms with E-state index in [1.54, 1.807) is 6.20 Å². The summed E-state index contributed by atoms with van der Waals surface area (Å²) in [4.78, 5) is 8.44. The molecule has 0 aromatic carbocycles. The fraction of sp³-hybridized carbons (Fsp3) is 0.500. The number of imidazole rings is 1. The maximum absolute atomic E-state index is 12.6. The van der Waals surface area contributed by atoms with Crippen LogP contribution < -0.4 is 5.32 Å². The summed E-state index contributed by atoms with van der Waals surface area (Å²) in [6.07, 6.45) is 0.203. The molecular weight excluding hydrogens is 305 g/mol. The molecule has 2 aromatic rings. The van der Waals surface area contributed by atoms with Gasteiger partial charge in [0.25, 0.3) is 0 Å². The van der Waals surface area contributed by atoms with E-state index in [9.17, 15) is 13.2 Å². The number of aryl methyl sites for hydroxylation is 1. The summed E-state index contributed by atoms with van der Waals surface area (Å²) in [5.74, 6) is 0.608. The van der Waals surface area contributed by atoms with Crippen LogP contribution in [-0.4, -0.2) is 20.7 Å². The molecule has 0 aliphatic carbocycles. The van der Waals surface area contributed by atoms with Gasteiger partial charge in [-0.3, -0.25) is 4.98 Å². The topological polar surface area (TPSA) is 42.7 Å². The van der Waals surface area contributed by atoms with Crippen LogP contribution in [0, 0.1) is 12.8 Å². The lowest BCUT2D eigenvalue weighted by molar-refractivity contribution is -0.141. The third-order valence-electron chi connectivity index (χ3n) is 3.64. The van der Waals surface area contributed by atoms with Crippen LogP contribution in [0.5, 0.6) is 0 Å². The van der Waals surface area contributed by atoms with Gasteiger partial charge in [-0.1, -0.05) is 19.9 Å². The maximum Gasteiger partial charge on any atom is 0.406 e. The summed E-state index contributed by atoms with van der Waals surface area (Å²) in [6, 6.07) is 3.79. The van der Waals surface area contributed by atoms with Crippen LogP contribution in [0.4, 0.5) is 13.2 Å². The zero-order chi connectivity index (χ0) is 17.0. The van der Waals surface area contributed by atoms with E-state index in [0.29, 0.717) is 5.82 Å². The molecule has 0 fully saturated rings. The van der Waals surface area contributed by atoms with Crippen LogP contribution in [0.3, 0.4) is 0 Å². The molecule has 0 saturated heterocycles. The van der Waals surface area contributed by atoms with Crippen LogP contribution in [0.1, 0.15) is 37.0 Å². The summed E-state index contributed by atoms with van der Waals surface area (Å²) in [5, 5.41) is 3.29. The molecule has 0 bridgehead atoms. The molecule has 0 radical (unpaired) electrons. The predicted molar refractivity (Wildman–Crippen MR) is 81.7 cm³/mol. The van der Waals surface area contributed by atoms with E-state index in [1.807, 2.05) is 32.9 Å². The van der Waals surface area contributed by atoms with Gasteiger partial charge in [0.1, 0.15) is 12.4 Å². The highest BCUT2D eigenvalue weighted by molar-refractivity contribution is 5.21. The quantitative estimate of drug-likeness (QED) is 0.881. The fourth-order valence-corrected chi connectivity index (χ4v) is 2.52. The van der Waals surface area contributed by atoms with E-state index in [-0.39, 0.29) is 18.5 Å². The van der Waals surface area contributed by atoms with Crippen molar-refractivity contribution in [1.82, 2.24) is 19.9 Å². The van der Waals surface area contributed by atoms with E-state index in [2.05, 4.69) is 15.3 Å². The maximum atomic E-state index is 12.6. The second-order valence-corrected chi connectivity index (χ2v) is 5.89. The molecule has 0 aliphatic heterocycles. The molecule has 7 heteroatoms. The minimum absolute atomic E-state index is 0.0489. The van der Waals surface area contributed by atoms with E-state index < -0.39 is 12.7 Å². The lowest BCUT2D eigenvalue weighted by atomic mass is 9.97. The molecule has 126 valence electrons. The number of pyridine rings is 1. The average molecular weight is 326 g/mol. The largest absolute Gasteiger partial charge is 0.406 e. The molecule has 0 aliphatic rings. The van der Waals surface area contributed by atoms with Gasteiger partial charge in [-0.25, -0.2) is 4.98 Å². The molecule has 4 nitrogen and oxygen atoms in total. The number of hydrogen-bond donors (Lipinski definition) is 1. The number of hydrogen-bond acceptors (Lipinski definition) is 3. The van der Waals surface area contributed by atoms with E-state index in [0.717, 1.165) is 15.8 Å². The number of nitrogens with one attached hydrogen (secondary N) is 1. The second kappa shape index (κ2) is 7.12. The Morgan fingerprint density at radius 2 is 1.96 bits per heavy atom. The predicted octanol–water partition coefficient (Wildman–Crippen LogP) is 3.64. The van der Waals surface area contributed by atoms with Crippen molar-refractivity contribution in [2.75, 3.05) is 0 Å². The summed E-state index contributed by atoms with van der Waals surface area (Å²) in [7, 11) is 0. The van der Waals surface area contributed by atoms with E-state index in [1.165, 1.54) is 12.4 Å². The Bertz CT molecular complexity index is 634. The number of aromatic nitrogens is 3. The highest BCUT2D eigenvalue weighted by Crippen LogP contribution is 2.23. The first kappa shape index (κ1) is 17.5. The van der Waals surface area contributed by atoms with Crippen molar-refractivity contribution in [1.29, 1.82) is 0 Å². The minimum Gasteiger partial charge on any atom is -0.325 e. The standard InChI is InChI=1S/C16H21F3N4/c1-11(2)14(15-12(3)5-4-6-21-15)22-9-13-20-7-8-23(13)10-16(17,18)19/h4-8,11,14,22H,9-10H2,1-3H3. The molecule has 0 saturated carbocycles. The van der Waals surface area contributed by atoms with Gasteiger partial charge in [0.2, 0.25) is 0 Å². The Morgan fingerprint density at radius 1 is 1.22 bits per heavy atom. The van der Waals surface area contributed by atoms with Crippen molar-refractivity contribution < 1.29 is 13.2 Å². The SMILES string of the molecule is Cc1cccnc1C(NCc1nccn1CC(F)(F)F)C(C)C. The highest BCUT2D eigenvalue weighted by Gasteiger charge is 2.29. The Hall–Kier alpha value is -1.89. The molecular formula is C16H21F3N4. The van der Waals surface area contributed by atoms with Gasteiger partial charge >= 0.3 is 6.18 Å². The number of nitrogens with zero attached hydrogens (tertiary/aromatic N) is 3. The van der Waals surface area contributed by atoms with Crippen molar-refractivity contribution in [2.45, 2.75) is 46.1 Å². The molecule has 23 heavy (non-hydrogen) atoms. The van der Waals surface area contributed by atoms with Gasteiger partial charge in [-0.05, 0) is 24.5 Å². The van der Waals surface area contributed by atoms with Crippen LogP contribution in [0.2, 0.25) is 0 Å².